The summed E-state index contributed by atoms with van der Waals surface area (Å²) in [5.74, 6) is 0. The molecule has 0 saturated carbocycles. The van der Waals surface area contributed by atoms with Gasteiger partial charge in [0.1, 0.15) is 6.10 Å². The first-order valence-corrected chi connectivity index (χ1v) is 9.32. The Labute approximate surface area is 146 Å². The third-order valence-electron chi connectivity index (χ3n) is 4.30. The average Bonchev–Trinajstić information content (AvgIpc) is 3.31. The number of thiophene rings is 1. The maximum Gasteiger partial charge on any atom is 0.318 e. The number of aromatic nitrogens is 2. The zero-order valence-electron chi connectivity index (χ0n) is 14.1. The molecular weight excluding hydrogens is 324 g/mol. The van der Waals surface area contributed by atoms with E-state index < -0.39 is 0 Å². The SMILES string of the molecule is CC[C@@H](NC(=O)N1CCO[C@H](c2cnn(CC)c2)C1)c1cccs1. The summed E-state index contributed by atoms with van der Waals surface area (Å²) in [7, 11) is 0. The molecule has 0 radical (unpaired) electrons. The van der Waals surface area contributed by atoms with Crippen LogP contribution in [0.25, 0.3) is 0 Å². The molecule has 1 aliphatic heterocycles. The van der Waals surface area contributed by atoms with Crippen LogP contribution in [0.15, 0.2) is 29.9 Å². The van der Waals surface area contributed by atoms with Crippen molar-refractivity contribution in [1.82, 2.24) is 20.0 Å². The Kier molecular flexibility index (Phi) is 5.52. The summed E-state index contributed by atoms with van der Waals surface area (Å²) in [6, 6.07) is 4.14. The fourth-order valence-electron chi connectivity index (χ4n) is 2.86. The lowest BCUT2D eigenvalue weighted by molar-refractivity contribution is -0.0158. The molecule has 3 rings (SSSR count). The topological polar surface area (TPSA) is 59.4 Å². The number of amides is 2. The number of carbonyl (C=O) groups is 1. The van der Waals surface area contributed by atoms with Crippen LogP contribution in [-0.2, 0) is 11.3 Å². The van der Waals surface area contributed by atoms with Crippen LogP contribution in [0.2, 0.25) is 0 Å². The molecule has 0 bridgehead atoms. The molecule has 0 unspecified atom stereocenters. The largest absolute Gasteiger partial charge is 0.370 e. The number of urea groups is 1. The van der Waals surface area contributed by atoms with Crippen LogP contribution in [0.5, 0.6) is 0 Å². The van der Waals surface area contributed by atoms with Crippen molar-refractivity contribution >= 4 is 17.4 Å². The molecule has 1 fully saturated rings. The summed E-state index contributed by atoms with van der Waals surface area (Å²) in [5.41, 5.74) is 1.03. The molecule has 130 valence electrons. The first kappa shape index (κ1) is 17.0. The zero-order chi connectivity index (χ0) is 16.9. The molecule has 1 aliphatic rings. The standard InChI is InChI=1S/C17H24N4O2S/c1-3-14(16-6-5-9-24-16)19-17(22)20-7-8-23-15(12-20)13-10-18-21(4-2)11-13/h5-6,9-11,14-15H,3-4,7-8,12H2,1-2H3,(H,19,22)/t14-,15+/m1/s1. The number of carbonyl (C=O) groups excluding carboxylic acids is 1. The second-order valence-electron chi connectivity index (χ2n) is 5.86. The summed E-state index contributed by atoms with van der Waals surface area (Å²) < 4.78 is 7.71. The van der Waals surface area contributed by atoms with Crippen LogP contribution in [0.3, 0.4) is 0 Å². The van der Waals surface area contributed by atoms with Gasteiger partial charge in [-0.25, -0.2) is 4.79 Å². The first-order valence-electron chi connectivity index (χ1n) is 8.44. The number of aryl methyl sites for hydroxylation is 1. The third-order valence-corrected chi connectivity index (χ3v) is 5.28. The Bertz CT molecular complexity index is 655. The van der Waals surface area contributed by atoms with Gasteiger partial charge in [0.05, 0.1) is 25.4 Å². The maximum absolute atomic E-state index is 12.6. The molecule has 3 heterocycles. The molecule has 2 aromatic heterocycles. The van der Waals surface area contributed by atoms with Crippen LogP contribution in [-0.4, -0.2) is 40.4 Å². The van der Waals surface area contributed by atoms with E-state index in [2.05, 4.69) is 23.4 Å². The van der Waals surface area contributed by atoms with Crippen molar-refractivity contribution in [3.8, 4) is 0 Å². The van der Waals surface area contributed by atoms with Gasteiger partial charge in [0.2, 0.25) is 0 Å². The maximum atomic E-state index is 12.6. The van der Waals surface area contributed by atoms with Gasteiger partial charge >= 0.3 is 6.03 Å². The van der Waals surface area contributed by atoms with Gasteiger partial charge in [0.25, 0.3) is 0 Å². The van der Waals surface area contributed by atoms with Crippen molar-refractivity contribution in [2.45, 2.75) is 39.0 Å². The molecule has 0 aliphatic carbocycles. The minimum absolute atomic E-state index is 0.0218. The molecule has 1 N–H and O–H groups in total. The second kappa shape index (κ2) is 7.81. The number of nitrogens with one attached hydrogen (secondary N) is 1. The van der Waals surface area contributed by atoms with Crippen LogP contribution in [0.4, 0.5) is 4.79 Å². The van der Waals surface area contributed by atoms with Gasteiger partial charge < -0.3 is 15.0 Å². The van der Waals surface area contributed by atoms with E-state index in [9.17, 15) is 4.79 Å². The van der Waals surface area contributed by atoms with E-state index in [-0.39, 0.29) is 18.2 Å². The van der Waals surface area contributed by atoms with E-state index >= 15 is 0 Å². The lowest BCUT2D eigenvalue weighted by atomic mass is 10.1. The summed E-state index contributed by atoms with van der Waals surface area (Å²) in [5, 5.41) is 9.48. The Balaban J connectivity index is 1.62. The fraction of sp³-hybridized carbons (Fsp3) is 0.529. The van der Waals surface area contributed by atoms with E-state index in [0.717, 1.165) is 18.5 Å². The molecule has 2 atom stereocenters. The molecule has 7 heteroatoms. The van der Waals surface area contributed by atoms with Crippen LogP contribution in [0, 0.1) is 0 Å². The summed E-state index contributed by atoms with van der Waals surface area (Å²) in [6.07, 6.45) is 4.60. The lowest BCUT2D eigenvalue weighted by Gasteiger charge is -2.33. The Morgan fingerprint density at radius 1 is 1.54 bits per heavy atom. The predicted molar refractivity (Wildman–Crippen MR) is 94.0 cm³/mol. The molecule has 6 nitrogen and oxygen atoms in total. The first-order chi connectivity index (χ1) is 11.7. The molecule has 0 spiro atoms. The van der Waals surface area contributed by atoms with Gasteiger partial charge in [0, 0.05) is 29.7 Å². The predicted octanol–water partition coefficient (Wildman–Crippen LogP) is 3.20. The average molecular weight is 348 g/mol. The number of morpholine rings is 1. The van der Waals surface area contributed by atoms with Gasteiger partial charge in [-0.15, -0.1) is 11.3 Å². The van der Waals surface area contributed by atoms with E-state index in [1.165, 1.54) is 4.88 Å². The number of hydrogen-bond acceptors (Lipinski definition) is 4. The van der Waals surface area contributed by atoms with Gasteiger partial charge in [-0.3, -0.25) is 4.68 Å². The number of rotatable bonds is 5. The molecule has 1 saturated heterocycles. The number of hydrogen-bond donors (Lipinski definition) is 1. The van der Waals surface area contributed by atoms with Crippen LogP contribution >= 0.6 is 11.3 Å². The van der Waals surface area contributed by atoms with E-state index in [1.54, 1.807) is 11.3 Å². The monoisotopic (exact) mass is 348 g/mol. The summed E-state index contributed by atoms with van der Waals surface area (Å²) >= 11 is 1.68. The summed E-state index contributed by atoms with van der Waals surface area (Å²) in [6.45, 7) is 6.69. The smallest absolute Gasteiger partial charge is 0.318 e. The van der Waals surface area contributed by atoms with Crippen molar-refractivity contribution in [1.29, 1.82) is 0 Å². The Morgan fingerprint density at radius 2 is 2.42 bits per heavy atom. The third kappa shape index (κ3) is 3.79. The molecular formula is C17H24N4O2S. The lowest BCUT2D eigenvalue weighted by Crippen LogP contribution is -2.47. The normalized spacial score (nSPS) is 19.2. The van der Waals surface area contributed by atoms with E-state index in [0.29, 0.717) is 19.7 Å². The van der Waals surface area contributed by atoms with Gasteiger partial charge in [-0.05, 0) is 24.8 Å². The van der Waals surface area contributed by atoms with Crippen LogP contribution in [0.1, 0.15) is 42.9 Å². The van der Waals surface area contributed by atoms with Crippen molar-refractivity contribution in [3.05, 3.63) is 40.3 Å². The highest BCUT2D eigenvalue weighted by Gasteiger charge is 2.27. The zero-order valence-corrected chi connectivity index (χ0v) is 15.0. The number of nitrogens with zero attached hydrogens (tertiary/aromatic N) is 3. The second-order valence-corrected chi connectivity index (χ2v) is 6.84. The highest BCUT2D eigenvalue weighted by molar-refractivity contribution is 7.10. The van der Waals surface area contributed by atoms with E-state index in [4.69, 9.17) is 4.74 Å². The quantitative estimate of drug-likeness (QED) is 0.903. The van der Waals surface area contributed by atoms with Crippen molar-refractivity contribution in [2.75, 3.05) is 19.7 Å². The summed E-state index contributed by atoms with van der Waals surface area (Å²) in [4.78, 5) is 15.7. The van der Waals surface area contributed by atoms with Crippen LogP contribution < -0.4 is 5.32 Å². The Morgan fingerprint density at radius 3 is 3.08 bits per heavy atom. The van der Waals surface area contributed by atoms with Gasteiger partial charge in [-0.2, -0.15) is 5.10 Å². The molecule has 2 aromatic rings. The van der Waals surface area contributed by atoms with Crippen molar-refractivity contribution in [3.63, 3.8) is 0 Å². The van der Waals surface area contributed by atoms with Crippen molar-refractivity contribution < 1.29 is 9.53 Å². The minimum Gasteiger partial charge on any atom is -0.370 e. The number of ether oxygens (including phenoxy) is 1. The fourth-order valence-corrected chi connectivity index (χ4v) is 3.72. The van der Waals surface area contributed by atoms with Gasteiger partial charge in [-0.1, -0.05) is 13.0 Å². The highest BCUT2D eigenvalue weighted by atomic mass is 32.1. The molecule has 2 amide bonds. The van der Waals surface area contributed by atoms with E-state index in [1.807, 2.05) is 40.3 Å². The minimum atomic E-state index is -0.105. The van der Waals surface area contributed by atoms with Gasteiger partial charge in [0.15, 0.2) is 0 Å². The van der Waals surface area contributed by atoms with Crippen molar-refractivity contribution in [2.24, 2.45) is 0 Å². The molecule has 24 heavy (non-hydrogen) atoms. The Hall–Kier alpha value is -1.86. The molecule has 0 aromatic carbocycles. The highest BCUT2D eigenvalue weighted by Crippen LogP contribution is 2.24.